The topological polar surface area (TPSA) is 53.2 Å². The van der Waals surface area contributed by atoms with E-state index in [9.17, 15) is 4.79 Å². The van der Waals surface area contributed by atoms with Crippen LogP contribution in [0.25, 0.3) is 0 Å². The highest BCUT2D eigenvalue weighted by atomic mass is 32.1. The highest BCUT2D eigenvalue weighted by Crippen LogP contribution is 2.28. The number of hydrogen-bond donors (Lipinski definition) is 3. The van der Waals surface area contributed by atoms with E-state index in [-0.39, 0.29) is 11.9 Å². The van der Waals surface area contributed by atoms with Crippen LogP contribution < -0.4 is 16.2 Å². The minimum Gasteiger partial charge on any atom is -0.359 e. The van der Waals surface area contributed by atoms with Gasteiger partial charge in [-0.1, -0.05) is 25.7 Å². The molecule has 3 N–H and O–H groups in total. The maximum atomic E-state index is 11.5. The third-order valence-electron chi connectivity index (χ3n) is 2.99. The second-order valence-electron chi connectivity index (χ2n) is 4.99. The molecule has 0 aliphatic heterocycles. The Labute approximate surface area is 109 Å². The first-order valence-corrected chi connectivity index (χ1v) is 6.84. The predicted molar refractivity (Wildman–Crippen MR) is 73.3 cm³/mol. The van der Waals surface area contributed by atoms with E-state index in [1.54, 1.807) is 0 Å². The molecule has 0 aromatic rings. The van der Waals surface area contributed by atoms with Gasteiger partial charge in [-0.15, -0.1) is 0 Å². The Morgan fingerprint density at radius 1 is 1.29 bits per heavy atom. The van der Waals surface area contributed by atoms with Gasteiger partial charge in [-0.05, 0) is 38.4 Å². The third kappa shape index (κ3) is 6.46. The normalized spacial score (nSPS) is 15.9. The highest BCUT2D eigenvalue weighted by Gasteiger charge is 2.16. The molecule has 0 aromatic heterocycles. The average molecular weight is 257 g/mol. The van der Waals surface area contributed by atoms with Crippen LogP contribution in [-0.2, 0) is 4.79 Å². The van der Waals surface area contributed by atoms with Crippen LogP contribution in [0.2, 0.25) is 0 Å². The molecule has 0 heterocycles. The van der Waals surface area contributed by atoms with Crippen LogP contribution in [0.1, 0.15) is 52.4 Å². The lowest BCUT2D eigenvalue weighted by Crippen LogP contribution is -2.48. The maximum absolute atomic E-state index is 11.5. The van der Waals surface area contributed by atoms with Gasteiger partial charge < -0.3 is 5.32 Å². The molecule has 1 rings (SSSR count). The Hall–Kier alpha value is -0.840. The molecule has 17 heavy (non-hydrogen) atoms. The van der Waals surface area contributed by atoms with Gasteiger partial charge >= 0.3 is 0 Å². The monoisotopic (exact) mass is 257 g/mol. The van der Waals surface area contributed by atoms with Crippen LogP contribution in [0.5, 0.6) is 0 Å². The molecule has 0 unspecified atom stereocenters. The molecule has 0 aromatic carbocycles. The summed E-state index contributed by atoms with van der Waals surface area (Å²) in [6.45, 7) is 3.99. The molecule has 0 atom stereocenters. The highest BCUT2D eigenvalue weighted by molar-refractivity contribution is 7.80. The molecular weight excluding hydrogens is 234 g/mol. The van der Waals surface area contributed by atoms with E-state index in [1.807, 2.05) is 13.8 Å². The van der Waals surface area contributed by atoms with Gasteiger partial charge in [0.1, 0.15) is 0 Å². The van der Waals surface area contributed by atoms with Gasteiger partial charge in [0, 0.05) is 12.5 Å². The second-order valence-corrected chi connectivity index (χ2v) is 5.40. The molecule has 1 fully saturated rings. The Morgan fingerprint density at radius 3 is 2.53 bits per heavy atom. The molecule has 1 aliphatic rings. The maximum Gasteiger partial charge on any atom is 0.238 e. The summed E-state index contributed by atoms with van der Waals surface area (Å²) in [5.74, 6) is 0.770. The molecule has 5 heteroatoms. The van der Waals surface area contributed by atoms with Crippen molar-refractivity contribution in [3.63, 3.8) is 0 Å². The van der Waals surface area contributed by atoms with Crippen molar-refractivity contribution in [3.8, 4) is 0 Å². The zero-order valence-corrected chi connectivity index (χ0v) is 11.5. The first kappa shape index (κ1) is 14.2. The molecule has 1 aliphatic carbocycles. The van der Waals surface area contributed by atoms with Crippen LogP contribution in [0.15, 0.2) is 0 Å². The summed E-state index contributed by atoms with van der Waals surface area (Å²) in [4.78, 5) is 11.5. The van der Waals surface area contributed by atoms with Crippen molar-refractivity contribution in [1.29, 1.82) is 0 Å². The van der Waals surface area contributed by atoms with Gasteiger partial charge in [0.25, 0.3) is 0 Å². The van der Waals surface area contributed by atoms with E-state index in [2.05, 4.69) is 16.2 Å². The Bertz CT molecular complexity index is 262. The summed E-state index contributed by atoms with van der Waals surface area (Å²) >= 11 is 5.00. The predicted octanol–water partition coefficient (Wildman–Crippen LogP) is 1.86. The van der Waals surface area contributed by atoms with Crippen molar-refractivity contribution in [1.82, 2.24) is 16.2 Å². The van der Waals surface area contributed by atoms with Gasteiger partial charge in [0.2, 0.25) is 5.91 Å². The zero-order chi connectivity index (χ0) is 12.7. The van der Waals surface area contributed by atoms with Crippen molar-refractivity contribution in [3.05, 3.63) is 0 Å². The first-order chi connectivity index (χ1) is 8.08. The Kier molecular flexibility index (Phi) is 6.26. The van der Waals surface area contributed by atoms with E-state index < -0.39 is 0 Å². The minimum atomic E-state index is 0.0183. The summed E-state index contributed by atoms with van der Waals surface area (Å²) in [7, 11) is 0. The quantitative estimate of drug-likeness (QED) is 0.531. The van der Waals surface area contributed by atoms with Crippen molar-refractivity contribution >= 4 is 23.2 Å². The molecule has 4 nitrogen and oxygen atoms in total. The lowest BCUT2D eigenvalue weighted by atomic mass is 10.0. The molecule has 0 bridgehead atoms. The van der Waals surface area contributed by atoms with Crippen molar-refractivity contribution in [2.45, 2.75) is 58.4 Å². The van der Waals surface area contributed by atoms with Crippen LogP contribution >= 0.6 is 12.2 Å². The van der Waals surface area contributed by atoms with E-state index in [0.717, 1.165) is 12.3 Å². The molecule has 1 saturated carbocycles. The van der Waals surface area contributed by atoms with Gasteiger partial charge in [0.05, 0.1) is 0 Å². The number of rotatable bonds is 4. The number of amides is 1. The SMILES string of the molecule is CC(C)NC(=S)NNC(=O)CCC1CCCC1. The summed E-state index contributed by atoms with van der Waals surface area (Å²) < 4.78 is 0. The van der Waals surface area contributed by atoms with E-state index in [4.69, 9.17) is 12.2 Å². The standard InChI is InChI=1S/C12H23N3OS/c1-9(2)13-12(17)15-14-11(16)8-7-10-5-3-4-6-10/h9-10H,3-8H2,1-2H3,(H,14,16)(H2,13,15,17). The molecule has 0 saturated heterocycles. The lowest BCUT2D eigenvalue weighted by molar-refractivity contribution is -0.121. The Morgan fingerprint density at radius 2 is 1.94 bits per heavy atom. The minimum absolute atomic E-state index is 0.0183. The largest absolute Gasteiger partial charge is 0.359 e. The molecule has 98 valence electrons. The van der Waals surface area contributed by atoms with Gasteiger partial charge in [-0.25, -0.2) is 0 Å². The smallest absolute Gasteiger partial charge is 0.238 e. The zero-order valence-electron chi connectivity index (χ0n) is 10.7. The van der Waals surface area contributed by atoms with Crippen LogP contribution in [-0.4, -0.2) is 17.1 Å². The van der Waals surface area contributed by atoms with Crippen molar-refractivity contribution < 1.29 is 4.79 Å². The molecule has 0 radical (unpaired) electrons. The summed E-state index contributed by atoms with van der Waals surface area (Å²) in [5, 5.41) is 3.47. The van der Waals surface area contributed by atoms with Crippen LogP contribution in [0.3, 0.4) is 0 Å². The Balaban J connectivity index is 2.06. The van der Waals surface area contributed by atoms with Crippen molar-refractivity contribution in [2.75, 3.05) is 0 Å². The number of carbonyl (C=O) groups is 1. The fraction of sp³-hybridized carbons (Fsp3) is 0.833. The number of hydrogen-bond acceptors (Lipinski definition) is 2. The number of carbonyl (C=O) groups excluding carboxylic acids is 1. The fourth-order valence-corrected chi connectivity index (χ4v) is 2.41. The van der Waals surface area contributed by atoms with E-state index in [1.165, 1.54) is 25.7 Å². The summed E-state index contributed by atoms with van der Waals surface area (Å²) in [6.07, 6.45) is 6.81. The number of thiocarbonyl (C=S) groups is 1. The molecular formula is C12H23N3OS. The lowest BCUT2D eigenvalue weighted by Gasteiger charge is -2.14. The van der Waals surface area contributed by atoms with E-state index in [0.29, 0.717) is 11.5 Å². The van der Waals surface area contributed by atoms with Crippen LogP contribution in [0, 0.1) is 5.92 Å². The van der Waals surface area contributed by atoms with E-state index >= 15 is 0 Å². The van der Waals surface area contributed by atoms with Crippen LogP contribution in [0.4, 0.5) is 0 Å². The summed E-state index contributed by atoms with van der Waals surface area (Å²) in [6, 6.07) is 0.269. The summed E-state index contributed by atoms with van der Waals surface area (Å²) in [5.41, 5.74) is 5.33. The average Bonchev–Trinajstić information content (AvgIpc) is 2.75. The van der Waals surface area contributed by atoms with Crippen molar-refractivity contribution in [2.24, 2.45) is 5.92 Å². The number of nitrogens with one attached hydrogen (secondary N) is 3. The molecule has 1 amide bonds. The fourth-order valence-electron chi connectivity index (χ4n) is 2.12. The second kappa shape index (κ2) is 7.48. The van der Waals surface area contributed by atoms with Gasteiger partial charge in [0.15, 0.2) is 5.11 Å². The van der Waals surface area contributed by atoms with Gasteiger partial charge in [-0.2, -0.15) is 0 Å². The number of hydrazine groups is 1. The first-order valence-electron chi connectivity index (χ1n) is 6.43. The third-order valence-corrected chi connectivity index (χ3v) is 3.21. The van der Waals surface area contributed by atoms with Gasteiger partial charge in [-0.3, -0.25) is 15.6 Å². The molecule has 0 spiro atoms.